The number of nitrogen functional groups attached to an aromatic ring is 1. The zero-order valence-electron chi connectivity index (χ0n) is 10.4. The summed E-state index contributed by atoms with van der Waals surface area (Å²) in [6.45, 7) is 0.467. The van der Waals surface area contributed by atoms with Gasteiger partial charge in [0.05, 0.1) is 11.1 Å². The Morgan fingerprint density at radius 3 is 2.75 bits per heavy atom. The van der Waals surface area contributed by atoms with Gasteiger partial charge in [-0.25, -0.2) is 4.39 Å². The van der Waals surface area contributed by atoms with Crippen molar-refractivity contribution < 1.29 is 9.13 Å². The van der Waals surface area contributed by atoms with Gasteiger partial charge in [0.25, 0.3) is 0 Å². The third-order valence-corrected chi connectivity index (χ3v) is 4.32. The number of rotatable bonds is 5. The van der Waals surface area contributed by atoms with Gasteiger partial charge < -0.3 is 10.5 Å². The quantitative estimate of drug-likeness (QED) is 0.453. The number of thioether (sulfide) groups is 1. The molecule has 2 nitrogen and oxygen atoms in total. The van der Waals surface area contributed by atoms with E-state index in [1.807, 2.05) is 0 Å². The van der Waals surface area contributed by atoms with Crippen LogP contribution in [0.2, 0.25) is 5.02 Å². The summed E-state index contributed by atoms with van der Waals surface area (Å²) < 4.78 is 19.9. The van der Waals surface area contributed by atoms with E-state index in [0.717, 1.165) is 4.47 Å². The first-order valence-electron chi connectivity index (χ1n) is 5.82. The molecule has 0 amide bonds. The van der Waals surface area contributed by atoms with Crippen LogP contribution in [0.4, 0.5) is 10.1 Å². The molecule has 0 aliphatic heterocycles. The molecule has 0 aliphatic rings. The van der Waals surface area contributed by atoms with Gasteiger partial charge >= 0.3 is 0 Å². The van der Waals surface area contributed by atoms with Crippen molar-refractivity contribution >= 4 is 45.0 Å². The van der Waals surface area contributed by atoms with Crippen molar-refractivity contribution in [2.24, 2.45) is 0 Å². The average molecular weight is 377 g/mol. The van der Waals surface area contributed by atoms with Crippen molar-refractivity contribution in [2.45, 2.75) is 4.90 Å². The fraction of sp³-hybridized carbons (Fsp3) is 0.143. The summed E-state index contributed by atoms with van der Waals surface area (Å²) in [5, 5.41) is 0.641. The van der Waals surface area contributed by atoms with E-state index in [9.17, 15) is 4.39 Å². The molecule has 0 heterocycles. The lowest BCUT2D eigenvalue weighted by molar-refractivity contribution is 0.342. The third kappa shape index (κ3) is 4.30. The average Bonchev–Trinajstić information content (AvgIpc) is 2.39. The normalized spacial score (nSPS) is 10.6. The number of benzene rings is 2. The Kier molecular flexibility index (Phi) is 5.57. The first-order valence-corrected chi connectivity index (χ1v) is 7.97. The van der Waals surface area contributed by atoms with Gasteiger partial charge in [-0.2, -0.15) is 0 Å². The number of hydrogen-bond donors (Lipinski definition) is 1. The Morgan fingerprint density at radius 1 is 1.25 bits per heavy atom. The van der Waals surface area contributed by atoms with Crippen molar-refractivity contribution in [1.29, 1.82) is 0 Å². The van der Waals surface area contributed by atoms with Gasteiger partial charge in [-0.1, -0.05) is 11.6 Å². The van der Waals surface area contributed by atoms with E-state index in [0.29, 0.717) is 33.7 Å². The number of nitrogens with two attached hydrogens (primary N) is 1. The summed E-state index contributed by atoms with van der Waals surface area (Å²) in [4.78, 5) is 0.568. The van der Waals surface area contributed by atoms with E-state index in [1.165, 1.54) is 17.8 Å². The van der Waals surface area contributed by atoms with E-state index in [1.54, 1.807) is 30.3 Å². The zero-order valence-corrected chi connectivity index (χ0v) is 13.6. The summed E-state index contributed by atoms with van der Waals surface area (Å²) in [5.41, 5.74) is 5.92. The lowest BCUT2D eigenvalue weighted by Gasteiger charge is -2.08. The fourth-order valence-electron chi connectivity index (χ4n) is 1.53. The summed E-state index contributed by atoms with van der Waals surface area (Å²) in [6.07, 6.45) is 0. The van der Waals surface area contributed by atoms with E-state index in [-0.39, 0.29) is 5.82 Å². The van der Waals surface area contributed by atoms with Crippen LogP contribution in [-0.2, 0) is 0 Å². The molecule has 0 spiro atoms. The first-order chi connectivity index (χ1) is 9.56. The van der Waals surface area contributed by atoms with Gasteiger partial charge in [0.1, 0.15) is 11.6 Å². The van der Waals surface area contributed by atoms with Gasteiger partial charge in [-0.15, -0.1) is 11.8 Å². The molecule has 6 heteroatoms. The van der Waals surface area contributed by atoms with E-state index in [4.69, 9.17) is 22.1 Å². The molecule has 0 aromatic heterocycles. The van der Waals surface area contributed by atoms with E-state index >= 15 is 0 Å². The molecular formula is C14H12BrClFNOS. The molecule has 0 radical (unpaired) electrons. The van der Waals surface area contributed by atoms with Crippen LogP contribution < -0.4 is 10.5 Å². The minimum absolute atomic E-state index is 0.303. The van der Waals surface area contributed by atoms with Crippen molar-refractivity contribution in [2.75, 3.05) is 18.1 Å². The van der Waals surface area contributed by atoms with Crippen LogP contribution in [0.3, 0.4) is 0 Å². The molecule has 0 aliphatic carbocycles. The van der Waals surface area contributed by atoms with E-state index in [2.05, 4.69) is 15.9 Å². The maximum Gasteiger partial charge on any atom is 0.138 e. The molecule has 0 fully saturated rings. The number of anilines is 1. The summed E-state index contributed by atoms with van der Waals surface area (Å²) in [6, 6.07) is 9.99. The second-order valence-corrected chi connectivity index (χ2v) is 6.39. The van der Waals surface area contributed by atoms with Crippen LogP contribution >= 0.6 is 39.3 Å². The molecule has 0 saturated heterocycles. The van der Waals surface area contributed by atoms with Crippen LogP contribution in [0.15, 0.2) is 45.8 Å². The van der Waals surface area contributed by atoms with Crippen molar-refractivity contribution in [1.82, 2.24) is 0 Å². The second kappa shape index (κ2) is 7.20. The first kappa shape index (κ1) is 15.5. The molecule has 2 aromatic rings. The Morgan fingerprint density at radius 2 is 2.05 bits per heavy atom. The minimum Gasteiger partial charge on any atom is -0.492 e. The highest BCUT2D eigenvalue weighted by atomic mass is 79.9. The number of halogens is 3. The van der Waals surface area contributed by atoms with Crippen LogP contribution in [-0.4, -0.2) is 12.4 Å². The molecule has 106 valence electrons. The summed E-state index contributed by atoms with van der Waals surface area (Å²) >= 11 is 10.6. The predicted molar refractivity (Wildman–Crippen MR) is 86.2 cm³/mol. The van der Waals surface area contributed by atoms with Gasteiger partial charge in [-0.05, 0) is 52.3 Å². The summed E-state index contributed by atoms with van der Waals surface area (Å²) in [5.74, 6) is 1.05. The lowest BCUT2D eigenvalue weighted by atomic mass is 10.3. The highest BCUT2D eigenvalue weighted by Gasteiger charge is 2.05. The van der Waals surface area contributed by atoms with Gasteiger partial charge in [0, 0.05) is 21.4 Å². The fourth-order valence-corrected chi connectivity index (χ4v) is 3.07. The van der Waals surface area contributed by atoms with Crippen LogP contribution in [0.25, 0.3) is 0 Å². The Labute approximate surface area is 134 Å². The van der Waals surface area contributed by atoms with E-state index < -0.39 is 0 Å². The zero-order chi connectivity index (χ0) is 14.5. The maximum absolute atomic E-state index is 13.5. The molecule has 0 saturated carbocycles. The topological polar surface area (TPSA) is 35.2 Å². The van der Waals surface area contributed by atoms with Crippen molar-refractivity contribution in [3.05, 3.63) is 51.7 Å². The predicted octanol–water partition coefficient (Wildman–Crippen LogP) is 4.99. The Balaban J connectivity index is 1.84. The highest BCUT2D eigenvalue weighted by molar-refractivity contribution is 9.10. The molecule has 0 unspecified atom stereocenters. The molecule has 2 N–H and O–H groups in total. The van der Waals surface area contributed by atoms with Crippen LogP contribution in [0.1, 0.15) is 0 Å². The second-order valence-electron chi connectivity index (χ2n) is 3.96. The Hall–Kier alpha value is -0.910. The minimum atomic E-state index is -0.303. The smallest absolute Gasteiger partial charge is 0.138 e. The van der Waals surface area contributed by atoms with Crippen molar-refractivity contribution in [3.8, 4) is 5.75 Å². The Bertz CT molecular complexity index is 558. The number of ether oxygens (including phenoxy) is 1. The third-order valence-electron chi connectivity index (χ3n) is 2.45. The molecule has 2 aromatic carbocycles. The molecular weight excluding hydrogens is 365 g/mol. The molecule has 20 heavy (non-hydrogen) atoms. The number of hydrogen-bond acceptors (Lipinski definition) is 3. The standard InChI is InChI=1S/C14H12BrClFNOS/c15-11-7-9(16)1-3-13(11)19-5-6-20-14-4-2-10(18)8-12(14)17/h1-4,7-8H,5-6,18H2. The molecule has 2 rings (SSSR count). The largest absolute Gasteiger partial charge is 0.492 e. The SMILES string of the molecule is Nc1ccc(SCCOc2ccc(Cl)cc2Br)c(F)c1. The highest BCUT2D eigenvalue weighted by Crippen LogP contribution is 2.28. The lowest BCUT2D eigenvalue weighted by Crippen LogP contribution is -2.01. The molecule has 0 atom stereocenters. The van der Waals surface area contributed by atoms with Crippen molar-refractivity contribution in [3.63, 3.8) is 0 Å². The summed E-state index contributed by atoms with van der Waals surface area (Å²) in [7, 11) is 0. The van der Waals surface area contributed by atoms with Gasteiger partial charge in [0.2, 0.25) is 0 Å². The molecule has 0 bridgehead atoms. The van der Waals surface area contributed by atoms with Crippen LogP contribution in [0.5, 0.6) is 5.75 Å². The monoisotopic (exact) mass is 375 g/mol. The van der Waals surface area contributed by atoms with Gasteiger partial charge in [0.15, 0.2) is 0 Å². The van der Waals surface area contributed by atoms with Gasteiger partial charge in [-0.3, -0.25) is 0 Å². The maximum atomic E-state index is 13.5. The van der Waals surface area contributed by atoms with Crippen LogP contribution in [0, 0.1) is 5.82 Å².